The van der Waals surface area contributed by atoms with Gasteiger partial charge < -0.3 is 29.7 Å². The molecule has 9 nitrogen and oxygen atoms in total. The molecule has 0 spiro atoms. The van der Waals surface area contributed by atoms with Gasteiger partial charge in [-0.05, 0) is 77.0 Å². The Morgan fingerprint density at radius 1 is 0.978 bits per heavy atom. The fourth-order valence-corrected chi connectivity index (χ4v) is 7.09. The molecule has 2 fully saturated rings. The zero-order valence-corrected chi connectivity index (χ0v) is 28.1. The standard InChI is InChI=1S/C36H57N3O6/c1-25-22-39(26(2)24-40)36(43)31-21-30(37-34(41)28-14-7-5-8-15-28)18-19-32(31)45-27(3)13-11-12-20-44-33(25)23-38(4)35(42)29-16-9-6-10-17-29/h18-19,21,25-29,33,40H,5-17,20,22-24H2,1-4H3,(H,37,41)/t25-,26+,27+,33-/m0/s1. The highest BCUT2D eigenvalue weighted by Crippen LogP contribution is 2.31. The number of benzene rings is 1. The molecule has 0 saturated heterocycles. The number of nitrogens with zero attached hydrogens (tertiary/aromatic N) is 2. The maximum absolute atomic E-state index is 14.4. The maximum atomic E-state index is 14.4. The third kappa shape index (κ3) is 9.92. The van der Waals surface area contributed by atoms with Crippen molar-refractivity contribution in [2.75, 3.05) is 38.7 Å². The van der Waals surface area contributed by atoms with Gasteiger partial charge >= 0.3 is 0 Å². The summed E-state index contributed by atoms with van der Waals surface area (Å²) < 4.78 is 12.8. The van der Waals surface area contributed by atoms with E-state index in [-0.39, 0.29) is 54.3 Å². The molecule has 2 N–H and O–H groups in total. The van der Waals surface area contributed by atoms with Crippen LogP contribution >= 0.6 is 0 Å². The Kier molecular flexibility index (Phi) is 13.5. The normalized spacial score (nSPS) is 25.4. The third-order valence-corrected chi connectivity index (χ3v) is 10.1. The van der Waals surface area contributed by atoms with E-state index in [4.69, 9.17) is 9.47 Å². The van der Waals surface area contributed by atoms with Gasteiger partial charge in [-0.3, -0.25) is 14.4 Å². The first-order valence-corrected chi connectivity index (χ1v) is 17.6. The van der Waals surface area contributed by atoms with E-state index in [0.29, 0.717) is 36.7 Å². The lowest BCUT2D eigenvalue weighted by Crippen LogP contribution is -2.48. The number of likely N-dealkylation sites (N-methyl/N-ethyl adjacent to an activating group) is 1. The van der Waals surface area contributed by atoms with Crippen molar-refractivity contribution in [3.8, 4) is 5.75 Å². The van der Waals surface area contributed by atoms with Gasteiger partial charge in [0, 0.05) is 50.2 Å². The summed E-state index contributed by atoms with van der Waals surface area (Å²) in [6.45, 7) is 7.06. The van der Waals surface area contributed by atoms with E-state index in [2.05, 4.69) is 12.2 Å². The average molecular weight is 628 g/mol. The van der Waals surface area contributed by atoms with Crippen LogP contribution in [0.1, 0.15) is 115 Å². The number of amides is 3. The molecule has 3 amide bonds. The lowest BCUT2D eigenvalue weighted by molar-refractivity contribution is -0.138. The first-order valence-electron chi connectivity index (χ1n) is 17.6. The van der Waals surface area contributed by atoms with Gasteiger partial charge in [0.25, 0.3) is 5.91 Å². The molecule has 3 aliphatic rings. The molecule has 1 heterocycles. The molecule has 0 aromatic heterocycles. The summed E-state index contributed by atoms with van der Waals surface area (Å²) >= 11 is 0. The van der Waals surface area contributed by atoms with Crippen molar-refractivity contribution in [3.05, 3.63) is 23.8 Å². The second-order valence-corrected chi connectivity index (χ2v) is 13.9. The van der Waals surface area contributed by atoms with Gasteiger partial charge in [-0.25, -0.2) is 0 Å². The topological polar surface area (TPSA) is 108 Å². The van der Waals surface area contributed by atoms with Crippen molar-refractivity contribution in [1.82, 2.24) is 9.80 Å². The molecule has 9 heteroatoms. The molecular formula is C36H57N3O6. The third-order valence-electron chi connectivity index (χ3n) is 10.1. The van der Waals surface area contributed by atoms with Crippen LogP contribution in [-0.2, 0) is 14.3 Å². The van der Waals surface area contributed by atoms with Crippen LogP contribution in [-0.4, -0.2) is 84.2 Å². The van der Waals surface area contributed by atoms with Crippen molar-refractivity contribution < 1.29 is 29.0 Å². The maximum Gasteiger partial charge on any atom is 0.258 e. The van der Waals surface area contributed by atoms with Gasteiger partial charge in [0.1, 0.15) is 5.75 Å². The van der Waals surface area contributed by atoms with E-state index in [1.165, 1.54) is 12.8 Å². The molecular weight excluding hydrogens is 570 g/mol. The number of hydrogen-bond acceptors (Lipinski definition) is 6. The van der Waals surface area contributed by atoms with Gasteiger partial charge in [-0.15, -0.1) is 0 Å². The molecule has 2 aliphatic carbocycles. The van der Waals surface area contributed by atoms with Crippen LogP contribution < -0.4 is 10.1 Å². The summed E-state index contributed by atoms with van der Waals surface area (Å²) in [5, 5.41) is 13.3. The Hall–Kier alpha value is -2.65. The Labute approximate surface area is 270 Å². The summed E-state index contributed by atoms with van der Waals surface area (Å²) in [5.74, 6) is 0.366. The number of aliphatic hydroxyl groups is 1. The van der Waals surface area contributed by atoms with Gasteiger partial charge in [-0.2, -0.15) is 0 Å². The molecule has 2 saturated carbocycles. The molecule has 0 bridgehead atoms. The number of fused-ring (bicyclic) bond motifs is 1. The highest BCUT2D eigenvalue weighted by molar-refractivity contribution is 6.00. The van der Waals surface area contributed by atoms with Crippen LogP contribution in [0.15, 0.2) is 18.2 Å². The van der Waals surface area contributed by atoms with Gasteiger partial charge in [0.15, 0.2) is 0 Å². The molecule has 0 radical (unpaired) electrons. The minimum Gasteiger partial charge on any atom is -0.490 e. The number of carbonyl (C=O) groups excluding carboxylic acids is 3. The monoisotopic (exact) mass is 627 g/mol. The summed E-state index contributed by atoms with van der Waals surface area (Å²) in [4.78, 5) is 44.3. The Bertz CT molecular complexity index is 1120. The van der Waals surface area contributed by atoms with Crippen LogP contribution in [0.5, 0.6) is 5.75 Å². The Morgan fingerprint density at radius 3 is 2.29 bits per heavy atom. The molecule has 1 aromatic rings. The van der Waals surface area contributed by atoms with Crippen molar-refractivity contribution in [3.63, 3.8) is 0 Å². The van der Waals surface area contributed by atoms with Crippen molar-refractivity contribution in [2.24, 2.45) is 17.8 Å². The fourth-order valence-electron chi connectivity index (χ4n) is 7.09. The lowest BCUT2D eigenvalue weighted by Gasteiger charge is -2.36. The van der Waals surface area contributed by atoms with E-state index >= 15 is 0 Å². The second-order valence-electron chi connectivity index (χ2n) is 13.9. The zero-order valence-electron chi connectivity index (χ0n) is 28.1. The smallest absolute Gasteiger partial charge is 0.258 e. The van der Waals surface area contributed by atoms with E-state index in [9.17, 15) is 19.5 Å². The Morgan fingerprint density at radius 2 is 1.62 bits per heavy atom. The van der Waals surface area contributed by atoms with Crippen LogP contribution in [0.3, 0.4) is 0 Å². The molecule has 4 rings (SSSR count). The average Bonchev–Trinajstić information content (AvgIpc) is 3.06. The molecule has 4 atom stereocenters. The first-order chi connectivity index (χ1) is 21.7. The summed E-state index contributed by atoms with van der Waals surface area (Å²) in [6, 6.07) is 4.87. The minimum absolute atomic E-state index is 0.00151. The van der Waals surface area contributed by atoms with Crippen LogP contribution in [0.2, 0.25) is 0 Å². The highest BCUT2D eigenvalue weighted by atomic mass is 16.5. The van der Waals surface area contributed by atoms with Crippen molar-refractivity contribution >= 4 is 23.4 Å². The van der Waals surface area contributed by atoms with E-state index in [1.807, 2.05) is 31.9 Å². The van der Waals surface area contributed by atoms with Crippen molar-refractivity contribution in [2.45, 2.75) is 122 Å². The SMILES string of the molecule is C[C@@H]1CCCCO[C@@H](CN(C)C(=O)C2CCCCC2)[C@@H](C)CN([C@H](C)CO)C(=O)c2cc(NC(=O)C3CCCCC3)ccc2O1. The molecule has 0 unspecified atom stereocenters. The predicted octanol–water partition coefficient (Wildman–Crippen LogP) is 6.04. The number of nitrogens with one attached hydrogen (secondary N) is 1. The molecule has 45 heavy (non-hydrogen) atoms. The predicted molar refractivity (Wildman–Crippen MR) is 176 cm³/mol. The number of aliphatic hydroxyl groups excluding tert-OH is 1. The second kappa shape index (κ2) is 17.3. The van der Waals surface area contributed by atoms with Gasteiger partial charge in [-0.1, -0.05) is 45.4 Å². The number of rotatable bonds is 7. The van der Waals surface area contributed by atoms with Gasteiger partial charge in [0.2, 0.25) is 11.8 Å². The van der Waals surface area contributed by atoms with Crippen molar-refractivity contribution in [1.29, 1.82) is 0 Å². The fraction of sp³-hybridized carbons (Fsp3) is 0.750. The highest BCUT2D eigenvalue weighted by Gasteiger charge is 2.32. The number of ether oxygens (including phenoxy) is 2. The Balaban J connectivity index is 1.58. The molecule has 252 valence electrons. The lowest BCUT2D eigenvalue weighted by atomic mass is 9.88. The van der Waals surface area contributed by atoms with Crippen LogP contribution in [0.4, 0.5) is 5.69 Å². The quantitative estimate of drug-likeness (QED) is 0.382. The molecule has 1 aliphatic heterocycles. The van der Waals surface area contributed by atoms with E-state index < -0.39 is 6.04 Å². The summed E-state index contributed by atoms with van der Waals surface area (Å²) in [6.07, 6.45) is 12.6. The first kappa shape index (κ1) is 35.2. The number of hydrogen-bond donors (Lipinski definition) is 2. The summed E-state index contributed by atoms with van der Waals surface area (Å²) in [5.41, 5.74) is 0.943. The zero-order chi connectivity index (χ0) is 32.3. The number of carbonyl (C=O) groups is 3. The van der Waals surface area contributed by atoms with Crippen LogP contribution in [0, 0.1) is 17.8 Å². The van der Waals surface area contributed by atoms with E-state index in [0.717, 1.165) is 70.6 Å². The number of anilines is 1. The van der Waals surface area contributed by atoms with E-state index in [1.54, 1.807) is 17.0 Å². The van der Waals surface area contributed by atoms with Crippen LogP contribution in [0.25, 0.3) is 0 Å². The molecule has 1 aromatic carbocycles. The summed E-state index contributed by atoms with van der Waals surface area (Å²) in [7, 11) is 1.87. The largest absolute Gasteiger partial charge is 0.490 e. The van der Waals surface area contributed by atoms with Gasteiger partial charge in [0.05, 0.1) is 30.4 Å². The minimum atomic E-state index is -0.458.